The average Bonchev–Trinajstić information content (AvgIpc) is 2.85. The van der Waals surface area contributed by atoms with Crippen molar-refractivity contribution in [3.8, 4) is 5.75 Å². The summed E-state index contributed by atoms with van der Waals surface area (Å²) in [5, 5.41) is 3.48. The van der Waals surface area contributed by atoms with Gasteiger partial charge in [0.15, 0.2) is 0 Å². The van der Waals surface area contributed by atoms with Gasteiger partial charge in [-0.25, -0.2) is 4.98 Å². The van der Waals surface area contributed by atoms with E-state index in [1.54, 1.807) is 7.11 Å². The molecule has 0 aliphatic carbocycles. The fourth-order valence-electron chi connectivity index (χ4n) is 3.75. The largest absolute Gasteiger partial charge is 0.497 e. The standard InChI is InChI=1S/C17H25N3O/c1-4-7-17(8-10-18-11-9-17)16-19-14-12-13(21-3)5-6-15(14)20(16)2/h5-6,12,18H,4,7-11H2,1-3H3. The molecular weight excluding hydrogens is 262 g/mol. The molecule has 4 nitrogen and oxygen atoms in total. The van der Waals surface area contributed by atoms with Gasteiger partial charge in [-0.15, -0.1) is 0 Å². The first-order valence-electron chi connectivity index (χ1n) is 7.92. The van der Waals surface area contributed by atoms with Crippen LogP contribution in [0, 0.1) is 0 Å². The number of hydrogen-bond acceptors (Lipinski definition) is 3. The molecule has 1 aromatic carbocycles. The number of piperidine rings is 1. The Labute approximate surface area is 126 Å². The van der Waals surface area contributed by atoms with E-state index in [2.05, 4.69) is 29.9 Å². The summed E-state index contributed by atoms with van der Waals surface area (Å²) in [5.41, 5.74) is 2.46. The quantitative estimate of drug-likeness (QED) is 0.939. The SMILES string of the molecule is CCCC1(c2nc3cc(OC)ccc3n2C)CCNCC1. The highest BCUT2D eigenvalue weighted by atomic mass is 16.5. The summed E-state index contributed by atoms with van der Waals surface area (Å²) < 4.78 is 7.62. The van der Waals surface area contributed by atoms with Crippen LogP contribution in [0.15, 0.2) is 18.2 Å². The maximum Gasteiger partial charge on any atom is 0.121 e. The van der Waals surface area contributed by atoms with Crippen molar-refractivity contribution in [3.05, 3.63) is 24.0 Å². The molecule has 1 aliphatic rings. The van der Waals surface area contributed by atoms with Crippen LogP contribution in [-0.4, -0.2) is 29.8 Å². The van der Waals surface area contributed by atoms with Crippen LogP contribution in [0.1, 0.15) is 38.4 Å². The molecular formula is C17H25N3O. The summed E-state index contributed by atoms with van der Waals surface area (Å²) in [7, 11) is 3.85. The number of fused-ring (bicyclic) bond motifs is 1. The summed E-state index contributed by atoms with van der Waals surface area (Å²) in [5.74, 6) is 2.12. The van der Waals surface area contributed by atoms with Crippen molar-refractivity contribution in [2.24, 2.45) is 7.05 Å². The highest BCUT2D eigenvalue weighted by molar-refractivity contribution is 5.78. The van der Waals surface area contributed by atoms with Crippen LogP contribution in [0.4, 0.5) is 0 Å². The third-order valence-electron chi connectivity index (χ3n) is 4.85. The first-order valence-corrected chi connectivity index (χ1v) is 7.92. The highest BCUT2D eigenvalue weighted by Crippen LogP contribution is 2.38. The number of benzene rings is 1. The lowest BCUT2D eigenvalue weighted by Gasteiger charge is -2.37. The first-order chi connectivity index (χ1) is 10.2. The molecule has 1 aromatic heterocycles. The van der Waals surface area contributed by atoms with E-state index in [0.717, 1.165) is 24.4 Å². The zero-order valence-electron chi connectivity index (χ0n) is 13.3. The second-order valence-corrected chi connectivity index (χ2v) is 6.13. The molecule has 1 saturated heterocycles. The lowest BCUT2D eigenvalue weighted by molar-refractivity contribution is 0.266. The monoisotopic (exact) mass is 287 g/mol. The Bertz CT molecular complexity index is 621. The maximum absolute atomic E-state index is 5.33. The molecule has 2 heterocycles. The molecule has 0 spiro atoms. The number of ether oxygens (including phenoxy) is 1. The van der Waals surface area contributed by atoms with E-state index in [9.17, 15) is 0 Å². The van der Waals surface area contributed by atoms with Crippen LogP contribution in [0.5, 0.6) is 5.75 Å². The number of aryl methyl sites for hydroxylation is 1. The van der Waals surface area contributed by atoms with Crippen LogP contribution in [-0.2, 0) is 12.5 Å². The predicted molar refractivity (Wildman–Crippen MR) is 86.0 cm³/mol. The minimum atomic E-state index is 0.223. The summed E-state index contributed by atoms with van der Waals surface area (Å²) in [6, 6.07) is 6.17. The van der Waals surface area contributed by atoms with Crippen molar-refractivity contribution >= 4 is 11.0 Å². The van der Waals surface area contributed by atoms with Crippen LogP contribution in [0.25, 0.3) is 11.0 Å². The molecule has 0 unspecified atom stereocenters. The molecule has 1 N–H and O–H groups in total. The van der Waals surface area contributed by atoms with Gasteiger partial charge >= 0.3 is 0 Å². The van der Waals surface area contributed by atoms with Crippen molar-refractivity contribution in [1.29, 1.82) is 0 Å². The number of rotatable bonds is 4. The maximum atomic E-state index is 5.33. The molecule has 0 bridgehead atoms. The predicted octanol–water partition coefficient (Wildman–Crippen LogP) is 3.00. The highest BCUT2D eigenvalue weighted by Gasteiger charge is 2.37. The Kier molecular flexibility index (Phi) is 3.89. The smallest absolute Gasteiger partial charge is 0.121 e. The van der Waals surface area contributed by atoms with E-state index >= 15 is 0 Å². The van der Waals surface area contributed by atoms with E-state index in [0.29, 0.717) is 0 Å². The van der Waals surface area contributed by atoms with Gasteiger partial charge in [-0.2, -0.15) is 0 Å². The van der Waals surface area contributed by atoms with Gasteiger partial charge in [0.1, 0.15) is 11.6 Å². The van der Waals surface area contributed by atoms with Gasteiger partial charge in [-0.3, -0.25) is 0 Å². The van der Waals surface area contributed by atoms with E-state index in [-0.39, 0.29) is 5.41 Å². The zero-order chi connectivity index (χ0) is 14.9. The molecule has 0 atom stereocenters. The molecule has 2 aromatic rings. The zero-order valence-corrected chi connectivity index (χ0v) is 13.3. The van der Waals surface area contributed by atoms with Gasteiger partial charge in [0.2, 0.25) is 0 Å². The molecule has 3 rings (SSSR count). The van der Waals surface area contributed by atoms with Gasteiger partial charge in [-0.05, 0) is 44.5 Å². The summed E-state index contributed by atoms with van der Waals surface area (Å²) in [6.45, 7) is 4.45. The Hall–Kier alpha value is -1.55. The number of hydrogen-bond donors (Lipinski definition) is 1. The third kappa shape index (κ3) is 2.42. The van der Waals surface area contributed by atoms with Crippen LogP contribution >= 0.6 is 0 Å². The van der Waals surface area contributed by atoms with Crippen LogP contribution in [0.2, 0.25) is 0 Å². The van der Waals surface area contributed by atoms with Crippen molar-refractivity contribution < 1.29 is 4.74 Å². The van der Waals surface area contributed by atoms with Crippen LogP contribution in [0.3, 0.4) is 0 Å². The number of aromatic nitrogens is 2. The second kappa shape index (κ2) is 5.68. The van der Waals surface area contributed by atoms with Crippen molar-refractivity contribution in [3.63, 3.8) is 0 Å². The fourth-order valence-corrected chi connectivity index (χ4v) is 3.75. The van der Waals surface area contributed by atoms with Crippen molar-refractivity contribution in [1.82, 2.24) is 14.9 Å². The first kappa shape index (κ1) is 14.4. The lowest BCUT2D eigenvalue weighted by atomic mass is 9.74. The fraction of sp³-hybridized carbons (Fsp3) is 0.588. The normalized spacial score (nSPS) is 18.0. The Morgan fingerprint density at radius 1 is 1.33 bits per heavy atom. The number of nitrogens with one attached hydrogen (secondary N) is 1. The molecule has 114 valence electrons. The van der Waals surface area contributed by atoms with Crippen molar-refractivity contribution in [2.45, 2.75) is 38.0 Å². The van der Waals surface area contributed by atoms with Gasteiger partial charge in [-0.1, -0.05) is 13.3 Å². The van der Waals surface area contributed by atoms with Crippen molar-refractivity contribution in [2.75, 3.05) is 20.2 Å². The van der Waals surface area contributed by atoms with E-state index in [1.165, 1.54) is 37.0 Å². The van der Waals surface area contributed by atoms with Gasteiger partial charge in [0.05, 0.1) is 18.1 Å². The summed E-state index contributed by atoms with van der Waals surface area (Å²) in [4.78, 5) is 4.99. The minimum absolute atomic E-state index is 0.223. The second-order valence-electron chi connectivity index (χ2n) is 6.13. The van der Waals surface area contributed by atoms with Gasteiger partial charge in [0, 0.05) is 18.5 Å². The van der Waals surface area contributed by atoms with Crippen LogP contribution < -0.4 is 10.1 Å². The number of nitrogens with zero attached hydrogens (tertiary/aromatic N) is 2. The number of methoxy groups -OCH3 is 1. The molecule has 4 heteroatoms. The Balaban J connectivity index is 2.11. The Morgan fingerprint density at radius 2 is 2.10 bits per heavy atom. The summed E-state index contributed by atoms with van der Waals surface area (Å²) >= 11 is 0. The third-order valence-corrected chi connectivity index (χ3v) is 4.85. The van der Waals surface area contributed by atoms with Gasteiger partial charge in [0.25, 0.3) is 0 Å². The van der Waals surface area contributed by atoms with Gasteiger partial charge < -0.3 is 14.6 Å². The molecule has 21 heavy (non-hydrogen) atoms. The molecule has 0 saturated carbocycles. The molecule has 0 radical (unpaired) electrons. The lowest BCUT2D eigenvalue weighted by Crippen LogP contribution is -2.41. The van der Waals surface area contributed by atoms with E-state index in [4.69, 9.17) is 9.72 Å². The topological polar surface area (TPSA) is 39.1 Å². The summed E-state index contributed by atoms with van der Waals surface area (Å²) in [6.07, 6.45) is 4.76. The molecule has 0 amide bonds. The number of imidazole rings is 1. The molecule has 1 fully saturated rings. The van der Waals surface area contributed by atoms with E-state index < -0.39 is 0 Å². The molecule has 1 aliphatic heterocycles. The van der Waals surface area contributed by atoms with E-state index in [1.807, 2.05) is 12.1 Å². The Morgan fingerprint density at radius 3 is 2.76 bits per heavy atom. The minimum Gasteiger partial charge on any atom is -0.497 e. The average molecular weight is 287 g/mol.